The maximum absolute atomic E-state index is 9.48. The number of thioether (sulfide) groups is 1. The molecule has 1 aliphatic heterocycles. The van der Waals surface area contributed by atoms with Crippen LogP contribution in [0.4, 0.5) is 5.82 Å². The summed E-state index contributed by atoms with van der Waals surface area (Å²) in [5.74, 6) is 2.17. The number of hydrogen-bond acceptors (Lipinski definition) is 4. The Morgan fingerprint density at radius 1 is 1.39 bits per heavy atom. The Kier molecular flexibility index (Phi) is 4.17. The minimum Gasteiger partial charge on any atom is -0.389 e. The highest BCUT2D eigenvalue weighted by molar-refractivity contribution is 8.00. The van der Waals surface area contributed by atoms with Gasteiger partial charge in [-0.2, -0.15) is 11.8 Å². The van der Waals surface area contributed by atoms with Crippen LogP contribution in [0.25, 0.3) is 0 Å². The molecule has 0 saturated carbocycles. The Labute approximate surface area is 114 Å². The van der Waals surface area contributed by atoms with Crippen LogP contribution in [0.2, 0.25) is 0 Å². The van der Waals surface area contributed by atoms with Crippen molar-refractivity contribution in [1.29, 1.82) is 0 Å². The fourth-order valence-electron chi connectivity index (χ4n) is 2.08. The molecule has 1 saturated heterocycles. The van der Waals surface area contributed by atoms with Gasteiger partial charge < -0.3 is 10.0 Å². The molecule has 1 N–H and O–H groups in total. The van der Waals surface area contributed by atoms with Crippen LogP contribution in [0.5, 0.6) is 0 Å². The van der Waals surface area contributed by atoms with Gasteiger partial charge in [-0.3, -0.25) is 0 Å². The van der Waals surface area contributed by atoms with Crippen LogP contribution < -0.4 is 4.90 Å². The van der Waals surface area contributed by atoms with E-state index in [0.29, 0.717) is 4.75 Å². The highest BCUT2D eigenvalue weighted by Gasteiger charge is 2.24. The molecule has 1 aromatic rings. The zero-order chi connectivity index (χ0) is 13.2. The van der Waals surface area contributed by atoms with Crippen LogP contribution in [0.1, 0.15) is 38.9 Å². The summed E-state index contributed by atoms with van der Waals surface area (Å²) in [5.41, 5.74) is 0.878. The second-order valence-electron chi connectivity index (χ2n) is 5.47. The van der Waals surface area contributed by atoms with Crippen LogP contribution >= 0.6 is 11.8 Å². The van der Waals surface area contributed by atoms with Gasteiger partial charge in [0.05, 0.1) is 6.10 Å². The standard InChI is InChI=1S/C14H22N2OS/c1-11(17)12-4-5-13(15-10-12)16-7-6-14(2,3)18-9-8-16/h4-5,10-11,17H,6-9H2,1-3H3/t11-/m1/s1. The van der Waals surface area contributed by atoms with Gasteiger partial charge in [0, 0.05) is 29.8 Å². The largest absolute Gasteiger partial charge is 0.389 e. The van der Waals surface area contributed by atoms with Crippen molar-refractivity contribution in [2.45, 2.75) is 38.0 Å². The lowest BCUT2D eigenvalue weighted by atomic mass is 10.1. The highest BCUT2D eigenvalue weighted by atomic mass is 32.2. The van der Waals surface area contributed by atoms with Gasteiger partial charge >= 0.3 is 0 Å². The van der Waals surface area contributed by atoms with Crippen molar-refractivity contribution in [3.8, 4) is 0 Å². The van der Waals surface area contributed by atoms with Gasteiger partial charge in [-0.05, 0) is 25.0 Å². The van der Waals surface area contributed by atoms with E-state index in [-0.39, 0.29) is 0 Å². The first-order valence-electron chi connectivity index (χ1n) is 6.51. The van der Waals surface area contributed by atoms with Gasteiger partial charge in [0.1, 0.15) is 5.82 Å². The number of aliphatic hydroxyl groups is 1. The lowest BCUT2D eigenvalue weighted by molar-refractivity contribution is 0.199. The van der Waals surface area contributed by atoms with E-state index in [4.69, 9.17) is 0 Å². The van der Waals surface area contributed by atoms with Gasteiger partial charge in [-0.1, -0.05) is 19.9 Å². The van der Waals surface area contributed by atoms with E-state index in [2.05, 4.69) is 23.7 Å². The fraction of sp³-hybridized carbons (Fsp3) is 0.643. The number of aliphatic hydroxyl groups excluding tert-OH is 1. The summed E-state index contributed by atoms with van der Waals surface area (Å²) in [7, 11) is 0. The van der Waals surface area contributed by atoms with Crippen molar-refractivity contribution in [1.82, 2.24) is 4.98 Å². The van der Waals surface area contributed by atoms with Gasteiger partial charge in [0.25, 0.3) is 0 Å². The molecule has 3 nitrogen and oxygen atoms in total. The predicted octanol–water partition coefficient (Wildman–Crippen LogP) is 2.86. The van der Waals surface area contributed by atoms with Crippen molar-refractivity contribution in [2.24, 2.45) is 0 Å². The molecule has 18 heavy (non-hydrogen) atoms. The number of nitrogens with zero attached hydrogens (tertiary/aromatic N) is 2. The molecule has 0 bridgehead atoms. The zero-order valence-electron chi connectivity index (χ0n) is 11.4. The molecular formula is C14H22N2OS. The molecule has 100 valence electrons. The molecule has 1 atom stereocenters. The molecule has 2 heterocycles. The first-order chi connectivity index (χ1) is 8.48. The second-order valence-corrected chi connectivity index (χ2v) is 7.27. The summed E-state index contributed by atoms with van der Waals surface area (Å²) in [6, 6.07) is 3.99. The molecule has 0 radical (unpaired) electrons. The Morgan fingerprint density at radius 2 is 2.17 bits per heavy atom. The van der Waals surface area contributed by atoms with Crippen LogP contribution in [0, 0.1) is 0 Å². The second kappa shape index (κ2) is 5.49. The fourth-order valence-corrected chi connectivity index (χ4v) is 3.18. The number of rotatable bonds is 2. The summed E-state index contributed by atoms with van der Waals surface area (Å²) in [6.07, 6.45) is 2.52. The van der Waals surface area contributed by atoms with E-state index in [0.717, 1.165) is 30.2 Å². The Morgan fingerprint density at radius 3 is 2.78 bits per heavy atom. The Balaban J connectivity index is 2.07. The molecule has 0 unspecified atom stereocenters. The molecule has 1 aromatic heterocycles. The third-order valence-electron chi connectivity index (χ3n) is 3.41. The molecule has 2 rings (SSSR count). The zero-order valence-corrected chi connectivity index (χ0v) is 12.2. The Bertz CT molecular complexity index is 389. The summed E-state index contributed by atoms with van der Waals surface area (Å²) >= 11 is 2.04. The summed E-state index contributed by atoms with van der Waals surface area (Å²) in [4.78, 5) is 6.81. The maximum Gasteiger partial charge on any atom is 0.128 e. The lowest BCUT2D eigenvalue weighted by Crippen LogP contribution is -2.27. The van der Waals surface area contributed by atoms with Crippen LogP contribution in [0.15, 0.2) is 18.3 Å². The maximum atomic E-state index is 9.48. The van der Waals surface area contributed by atoms with E-state index in [1.54, 1.807) is 13.1 Å². The first-order valence-corrected chi connectivity index (χ1v) is 7.49. The topological polar surface area (TPSA) is 36.4 Å². The van der Waals surface area contributed by atoms with Gasteiger partial charge in [-0.15, -0.1) is 0 Å². The van der Waals surface area contributed by atoms with Gasteiger partial charge in [0.15, 0.2) is 0 Å². The van der Waals surface area contributed by atoms with E-state index < -0.39 is 6.10 Å². The average molecular weight is 266 g/mol. The first kappa shape index (κ1) is 13.7. The van der Waals surface area contributed by atoms with Crippen molar-refractivity contribution in [2.75, 3.05) is 23.7 Å². The molecule has 4 heteroatoms. The van der Waals surface area contributed by atoms with Gasteiger partial charge in [0.2, 0.25) is 0 Å². The van der Waals surface area contributed by atoms with Crippen LogP contribution in [-0.2, 0) is 0 Å². The smallest absolute Gasteiger partial charge is 0.128 e. The predicted molar refractivity (Wildman–Crippen MR) is 78.2 cm³/mol. The quantitative estimate of drug-likeness (QED) is 0.893. The number of aromatic nitrogens is 1. The average Bonchev–Trinajstić information content (AvgIpc) is 2.50. The van der Waals surface area contributed by atoms with Crippen LogP contribution in [-0.4, -0.2) is 33.7 Å². The van der Waals surface area contributed by atoms with E-state index >= 15 is 0 Å². The van der Waals surface area contributed by atoms with Crippen LogP contribution in [0.3, 0.4) is 0 Å². The highest BCUT2D eigenvalue weighted by Crippen LogP contribution is 2.31. The van der Waals surface area contributed by atoms with E-state index in [9.17, 15) is 5.11 Å². The van der Waals surface area contributed by atoms with E-state index in [1.807, 2.05) is 23.9 Å². The Hall–Kier alpha value is -0.740. The normalized spacial score (nSPS) is 21.4. The molecule has 1 aliphatic rings. The third kappa shape index (κ3) is 3.39. The SMILES string of the molecule is C[C@@H](O)c1ccc(N2CCSC(C)(C)CC2)nc1. The van der Waals surface area contributed by atoms with Crippen molar-refractivity contribution in [3.05, 3.63) is 23.9 Å². The summed E-state index contributed by atoms with van der Waals surface area (Å²) in [6.45, 7) is 8.49. The number of pyridine rings is 1. The van der Waals surface area contributed by atoms with Crippen molar-refractivity contribution < 1.29 is 5.11 Å². The van der Waals surface area contributed by atoms with Crippen molar-refractivity contribution >= 4 is 17.6 Å². The molecular weight excluding hydrogens is 244 g/mol. The lowest BCUT2D eigenvalue weighted by Gasteiger charge is -2.23. The molecule has 0 spiro atoms. The minimum absolute atomic E-state index is 0.369. The number of hydrogen-bond donors (Lipinski definition) is 1. The summed E-state index contributed by atoms with van der Waals surface area (Å²) in [5, 5.41) is 9.48. The van der Waals surface area contributed by atoms with Crippen molar-refractivity contribution in [3.63, 3.8) is 0 Å². The van der Waals surface area contributed by atoms with Gasteiger partial charge in [-0.25, -0.2) is 4.98 Å². The number of anilines is 1. The molecule has 0 amide bonds. The monoisotopic (exact) mass is 266 g/mol. The summed E-state index contributed by atoms with van der Waals surface area (Å²) < 4.78 is 0.369. The molecule has 1 fully saturated rings. The van der Waals surface area contributed by atoms with E-state index in [1.165, 1.54) is 6.42 Å². The third-order valence-corrected chi connectivity index (χ3v) is 4.79. The molecule has 0 aliphatic carbocycles. The minimum atomic E-state index is -0.440. The molecule has 0 aromatic carbocycles.